The van der Waals surface area contributed by atoms with Crippen LogP contribution in [0, 0.1) is 0 Å². The molecule has 16 heavy (non-hydrogen) atoms. The second kappa shape index (κ2) is 3.91. The summed E-state index contributed by atoms with van der Waals surface area (Å²) >= 11 is 0. The van der Waals surface area contributed by atoms with Gasteiger partial charge in [0.1, 0.15) is 5.60 Å². The van der Waals surface area contributed by atoms with E-state index >= 15 is 0 Å². The molecule has 3 atom stereocenters. The Labute approximate surface area is 96.6 Å². The Morgan fingerprint density at radius 2 is 1.75 bits per heavy atom. The van der Waals surface area contributed by atoms with Gasteiger partial charge >= 0.3 is 6.09 Å². The van der Waals surface area contributed by atoms with Crippen LogP contribution < -0.4 is 0 Å². The molecule has 4 nitrogen and oxygen atoms in total. The van der Waals surface area contributed by atoms with Crippen molar-refractivity contribution in [1.29, 1.82) is 0 Å². The highest BCUT2D eigenvalue weighted by atomic mass is 16.6. The highest BCUT2D eigenvalue weighted by Gasteiger charge is 2.44. The monoisotopic (exact) mass is 227 g/mol. The first-order valence-electron chi connectivity index (χ1n) is 6.06. The van der Waals surface area contributed by atoms with Crippen LogP contribution in [0.3, 0.4) is 0 Å². The van der Waals surface area contributed by atoms with Crippen LogP contribution in [0.5, 0.6) is 0 Å². The molecule has 92 valence electrons. The van der Waals surface area contributed by atoms with Gasteiger partial charge in [-0.25, -0.2) is 4.79 Å². The summed E-state index contributed by atoms with van der Waals surface area (Å²) in [5, 5.41) is 9.64. The standard InChI is InChI=1S/C12H21NO3/c1-12(2,3)16-11(15)13-8-4-5-9(13)7-10(14)6-8/h8-10,14H,4-7H2,1-3H3/t8-,9?,10-/m1/s1. The molecule has 2 aliphatic rings. The summed E-state index contributed by atoms with van der Waals surface area (Å²) in [6.45, 7) is 5.64. The summed E-state index contributed by atoms with van der Waals surface area (Å²) in [5.41, 5.74) is -0.438. The quantitative estimate of drug-likeness (QED) is 0.687. The van der Waals surface area contributed by atoms with Gasteiger partial charge in [0, 0.05) is 12.1 Å². The van der Waals surface area contributed by atoms with E-state index in [9.17, 15) is 9.90 Å². The number of fused-ring (bicyclic) bond motifs is 2. The second-order valence-corrected chi connectivity index (χ2v) is 5.90. The van der Waals surface area contributed by atoms with Crippen LogP contribution in [0.2, 0.25) is 0 Å². The zero-order chi connectivity index (χ0) is 11.9. The minimum Gasteiger partial charge on any atom is -0.444 e. The Bertz CT molecular complexity index is 270. The van der Waals surface area contributed by atoms with Crippen LogP contribution in [0.1, 0.15) is 46.5 Å². The molecule has 0 aromatic rings. The molecule has 2 fully saturated rings. The average Bonchev–Trinajstić information content (AvgIpc) is 2.36. The molecule has 0 aromatic carbocycles. The molecule has 1 amide bonds. The molecule has 0 saturated carbocycles. The molecule has 1 N–H and O–H groups in total. The minimum atomic E-state index is -0.438. The van der Waals surface area contributed by atoms with Gasteiger partial charge in [-0.2, -0.15) is 0 Å². The number of hydrogen-bond acceptors (Lipinski definition) is 3. The van der Waals surface area contributed by atoms with E-state index in [1.54, 1.807) is 0 Å². The Hall–Kier alpha value is -0.770. The summed E-state index contributed by atoms with van der Waals surface area (Å²) < 4.78 is 5.40. The van der Waals surface area contributed by atoms with E-state index in [1.165, 1.54) is 0 Å². The maximum atomic E-state index is 12.0. The van der Waals surface area contributed by atoms with Crippen molar-refractivity contribution < 1.29 is 14.6 Å². The van der Waals surface area contributed by atoms with Gasteiger partial charge in [-0.05, 0) is 46.5 Å². The van der Waals surface area contributed by atoms with Crippen molar-refractivity contribution in [2.75, 3.05) is 0 Å². The van der Waals surface area contributed by atoms with Crippen molar-refractivity contribution in [3.05, 3.63) is 0 Å². The van der Waals surface area contributed by atoms with Gasteiger partial charge in [-0.1, -0.05) is 0 Å². The van der Waals surface area contributed by atoms with Gasteiger partial charge < -0.3 is 14.7 Å². The Morgan fingerprint density at radius 3 is 2.19 bits per heavy atom. The Balaban J connectivity index is 2.03. The molecule has 2 bridgehead atoms. The molecule has 2 heterocycles. The first-order valence-corrected chi connectivity index (χ1v) is 6.06. The number of aliphatic hydroxyl groups is 1. The number of rotatable bonds is 0. The van der Waals surface area contributed by atoms with Crippen LogP contribution >= 0.6 is 0 Å². The van der Waals surface area contributed by atoms with Crippen LogP contribution in [-0.4, -0.2) is 39.9 Å². The number of carbonyl (C=O) groups is 1. The van der Waals surface area contributed by atoms with E-state index in [1.807, 2.05) is 25.7 Å². The first kappa shape index (κ1) is 11.7. The average molecular weight is 227 g/mol. The van der Waals surface area contributed by atoms with Gasteiger partial charge in [-0.15, -0.1) is 0 Å². The molecule has 2 aliphatic heterocycles. The predicted molar refractivity (Wildman–Crippen MR) is 60.1 cm³/mol. The van der Waals surface area contributed by atoms with Gasteiger partial charge in [0.25, 0.3) is 0 Å². The summed E-state index contributed by atoms with van der Waals surface area (Å²) in [5.74, 6) is 0. The van der Waals surface area contributed by atoms with Crippen molar-refractivity contribution in [3.8, 4) is 0 Å². The third-order valence-electron chi connectivity index (χ3n) is 3.31. The molecule has 0 spiro atoms. The summed E-state index contributed by atoms with van der Waals surface area (Å²) in [6, 6.07) is 0.368. The van der Waals surface area contributed by atoms with Crippen molar-refractivity contribution in [2.45, 2.75) is 70.2 Å². The van der Waals surface area contributed by atoms with Crippen molar-refractivity contribution in [1.82, 2.24) is 4.90 Å². The minimum absolute atomic E-state index is 0.184. The smallest absolute Gasteiger partial charge is 0.410 e. The highest BCUT2D eigenvalue weighted by molar-refractivity contribution is 5.69. The van der Waals surface area contributed by atoms with E-state index < -0.39 is 5.60 Å². The summed E-state index contributed by atoms with van der Waals surface area (Å²) in [6.07, 6.45) is 2.95. The van der Waals surface area contributed by atoms with E-state index in [0.717, 1.165) is 12.8 Å². The third-order valence-corrected chi connectivity index (χ3v) is 3.31. The SMILES string of the molecule is CC(C)(C)OC(=O)N1C2CC[C@@H]1C[C@@H](O)C2. The fraction of sp³-hybridized carbons (Fsp3) is 0.917. The highest BCUT2D eigenvalue weighted by Crippen LogP contribution is 2.36. The van der Waals surface area contributed by atoms with Gasteiger partial charge in [0.15, 0.2) is 0 Å². The lowest BCUT2D eigenvalue weighted by Crippen LogP contribution is -2.49. The number of nitrogens with zero attached hydrogens (tertiary/aromatic N) is 1. The maximum absolute atomic E-state index is 12.0. The molecule has 0 aliphatic carbocycles. The number of carbonyl (C=O) groups excluding carboxylic acids is 1. The molecular weight excluding hydrogens is 206 g/mol. The predicted octanol–water partition coefficient (Wildman–Crippen LogP) is 1.91. The lowest BCUT2D eigenvalue weighted by Gasteiger charge is -2.37. The van der Waals surface area contributed by atoms with E-state index in [2.05, 4.69) is 0 Å². The molecule has 0 aromatic heterocycles. The lowest BCUT2D eigenvalue weighted by molar-refractivity contribution is -0.0110. The van der Waals surface area contributed by atoms with Gasteiger partial charge in [-0.3, -0.25) is 0 Å². The number of aliphatic hydroxyl groups excluding tert-OH is 1. The maximum Gasteiger partial charge on any atom is 0.410 e. The van der Waals surface area contributed by atoms with Crippen molar-refractivity contribution >= 4 is 6.09 Å². The van der Waals surface area contributed by atoms with E-state index in [-0.39, 0.29) is 24.3 Å². The lowest BCUT2D eigenvalue weighted by atomic mass is 10.0. The second-order valence-electron chi connectivity index (χ2n) is 5.90. The van der Waals surface area contributed by atoms with Crippen LogP contribution in [0.15, 0.2) is 0 Å². The summed E-state index contributed by atoms with van der Waals surface area (Å²) in [7, 11) is 0. The molecule has 2 saturated heterocycles. The largest absolute Gasteiger partial charge is 0.444 e. The third kappa shape index (κ3) is 2.32. The zero-order valence-electron chi connectivity index (χ0n) is 10.3. The van der Waals surface area contributed by atoms with Crippen molar-refractivity contribution in [3.63, 3.8) is 0 Å². The first-order chi connectivity index (χ1) is 7.37. The zero-order valence-corrected chi connectivity index (χ0v) is 10.3. The van der Waals surface area contributed by atoms with E-state index in [4.69, 9.17) is 4.74 Å². The number of hydrogen-bond donors (Lipinski definition) is 1. The molecule has 2 rings (SSSR count). The normalized spacial score (nSPS) is 34.0. The number of piperidine rings is 1. The van der Waals surface area contributed by atoms with Gasteiger partial charge in [0.05, 0.1) is 6.10 Å². The fourth-order valence-corrected chi connectivity index (χ4v) is 2.76. The molecule has 4 heteroatoms. The molecular formula is C12H21NO3. The molecule has 1 unspecified atom stereocenters. The Kier molecular flexibility index (Phi) is 2.86. The van der Waals surface area contributed by atoms with Crippen LogP contribution in [0.4, 0.5) is 4.79 Å². The Morgan fingerprint density at radius 1 is 1.25 bits per heavy atom. The van der Waals surface area contributed by atoms with Crippen molar-refractivity contribution in [2.24, 2.45) is 0 Å². The van der Waals surface area contributed by atoms with Crippen LogP contribution in [0.25, 0.3) is 0 Å². The van der Waals surface area contributed by atoms with E-state index in [0.29, 0.717) is 12.8 Å². The fourth-order valence-electron chi connectivity index (χ4n) is 2.76. The summed E-state index contributed by atoms with van der Waals surface area (Å²) in [4.78, 5) is 13.8. The van der Waals surface area contributed by atoms with Gasteiger partial charge in [0.2, 0.25) is 0 Å². The topological polar surface area (TPSA) is 49.8 Å². The van der Waals surface area contributed by atoms with Crippen LogP contribution in [-0.2, 0) is 4.74 Å². The molecule has 0 radical (unpaired) electrons. The number of amides is 1. The number of ether oxygens (including phenoxy) is 1.